The van der Waals surface area contributed by atoms with Gasteiger partial charge in [0.15, 0.2) is 0 Å². The number of ether oxygens (including phenoxy) is 1. The summed E-state index contributed by atoms with van der Waals surface area (Å²) in [5.41, 5.74) is -0.361. The molecule has 0 amide bonds. The molecule has 1 unspecified atom stereocenters. The lowest BCUT2D eigenvalue weighted by Crippen LogP contribution is -2.44. The van der Waals surface area contributed by atoms with Crippen LogP contribution >= 0.6 is 0 Å². The second-order valence-electron chi connectivity index (χ2n) is 4.66. The van der Waals surface area contributed by atoms with E-state index in [0.29, 0.717) is 18.5 Å². The standard InChI is InChI=1S/C13H15F4NO/c1-8-2-3-11(9(6-8)13(15,16)17)19-12-4-5-18-7-10(12)14/h2-3,6,10,12,18H,4-5,7H2,1H3/t10-,12?/m1/s1. The van der Waals surface area contributed by atoms with Crippen LogP contribution < -0.4 is 10.1 Å². The average molecular weight is 277 g/mol. The highest BCUT2D eigenvalue weighted by molar-refractivity contribution is 5.39. The van der Waals surface area contributed by atoms with Gasteiger partial charge in [0.25, 0.3) is 0 Å². The molecule has 0 aliphatic carbocycles. The van der Waals surface area contributed by atoms with Crippen LogP contribution in [0.25, 0.3) is 0 Å². The molecule has 2 nitrogen and oxygen atoms in total. The number of alkyl halides is 4. The van der Waals surface area contributed by atoms with E-state index in [-0.39, 0.29) is 12.3 Å². The molecule has 1 aromatic carbocycles. The van der Waals surface area contributed by atoms with E-state index in [9.17, 15) is 17.6 Å². The Balaban J connectivity index is 2.24. The van der Waals surface area contributed by atoms with Gasteiger partial charge in [0.05, 0.1) is 5.56 Å². The number of rotatable bonds is 2. The number of benzene rings is 1. The van der Waals surface area contributed by atoms with Gasteiger partial charge in [-0.25, -0.2) is 4.39 Å². The molecule has 1 saturated heterocycles. The summed E-state index contributed by atoms with van der Waals surface area (Å²) in [6, 6.07) is 3.80. The number of nitrogens with one attached hydrogen (secondary N) is 1. The number of halogens is 4. The maximum Gasteiger partial charge on any atom is 0.419 e. The molecule has 1 fully saturated rings. The predicted octanol–water partition coefficient (Wildman–Crippen LogP) is 3.09. The van der Waals surface area contributed by atoms with Crippen molar-refractivity contribution in [2.24, 2.45) is 0 Å². The van der Waals surface area contributed by atoms with Crippen molar-refractivity contribution < 1.29 is 22.3 Å². The minimum absolute atomic E-state index is 0.109. The lowest BCUT2D eigenvalue weighted by atomic mass is 10.1. The topological polar surface area (TPSA) is 21.3 Å². The summed E-state index contributed by atoms with van der Waals surface area (Å²) in [6.07, 6.45) is -6.27. The Morgan fingerprint density at radius 2 is 2.05 bits per heavy atom. The Bertz CT molecular complexity index is 447. The first-order valence-corrected chi connectivity index (χ1v) is 6.07. The molecule has 1 aliphatic rings. The zero-order valence-electron chi connectivity index (χ0n) is 10.4. The van der Waals surface area contributed by atoms with E-state index in [2.05, 4.69) is 5.32 Å². The molecule has 1 N–H and O–H groups in total. The smallest absolute Gasteiger partial charge is 0.419 e. The van der Waals surface area contributed by atoms with Crippen molar-refractivity contribution in [2.45, 2.75) is 31.8 Å². The van der Waals surface area contributed by atoms with E-state index in [1.54, 1.807) is 6.92 Å². The van der Waals surface area contributed by atoms with Crippen LogP contribution in [-0.4, -0.2) is 25.4 Å². The molecule has 0 saturated carbocycles. The van der Waals surface area contributed by atoms with Crippen LogP contribution in [0.3, 0.4) is 0 Å². The third-order valence-electron chi connectivity index (χ3n) is 3.07. The van der Waals surface area contributed by atoms with Gasteiger partial charge >= 0.3 is 6.18 Å². The quantitative estimate of drug-likeness (QED) is 0.839. The van der Waals surface area contributed by atoms with Crippen molar-refractivity contribution in [3.63, 3.8) is 0 Å². The summed E-state index contributed by atoms with van der Waals surface area (Å²) in [5.74, 6) is -0.298. The molecule has 0 radical (unpaired) electrons. The van der Waals surface area contributed by atoms with Crippen molar-refractivity contribution in [2.75, 3.05) is 13.1 Å². The van der Waals surface area contributed by atoms with Gasteiger partial charge in [-0.2, -0.15) is 13.2 Å². The van der Waals surface area contributed by atoms with Crippen molar-refractivity contribution in [1.82, 2.24) is 5.32 Å². The highest BCUT2D eigenvalue weighted by Gasteiger charge is 2.36. The van der Waals surface area contributed by atoms with E-state index in [4.69, 9.17) is 4.74 Å². The zero-order valence-corrected chi connectivity index (χ0v) is 10.4. The minimum atomic E-state index is -4.50. The molecule has 1 aliphatic heterocycles. The van der Waals surface area contributed by atoms with Crippen LogP contribution in [0.15, 0.2) is 18.2 Å². The summed E-state index contributed by atoms with van der Waals surface area (Å²) >= 11 is 0. The van der Waals surface area contributed by atoms with E-state index in [1.165, 1.54) is 12.1 Å². The SMILES string of the molecule is Cc1ccc(OC2CCNC[C@H]2F)c(C(F)(F)F)c1. The Morgan fingerprint density at radius 3 is 2.68 bits per heavy atom. The van der Waals surface area contributed by atoms with Gasteiger partial charge in [0.1, 0.15) is 18.0 Å². The van der Waals surface area contributed by atoms with Crippen LogP contribution in [0.4, 0.5) is 17.6 Å². The normalized spacial score (nSPS) is 24.3. The molecule has 6 heteroatoms. The predicted molar refractivity (Wildman–Crippen MR) is 63.0 cm³/mol. The summed E-state index contributed by atoms with van der Waals surface area (Å²) in [5, 5.41) is 2.83. The number of hydrogen-bond donors (Lipinski definition) is 1. The number of aryl methyl sites for hydroxylation is 1. The second-order valence-corrected chi connectivity index (χ2v) is 4.66. The van der Waals surface area contributed by atoms with Crippen molar-refractivity contribution in [3.8, 4) is 5.75 Å². The molecule has 0 spiro atoms. The molecule has 106 valence electrons. The maximum atomic E-state index is 13.6. The fraction of sp³-hybridized carbons (Fsp3) is 0.538. The Kier molecular flexibility index (Phi) is 3.99. The third-order valence-corrected chi connectivity index (χ3v) is 3.07. The fourth-order valence-electron chi connectivity index (χ4n) is 2.06. The molecule has 1 heterocycles. The maximum absolute atomic E-state index is 13.6. The molecular weight excluding hydrogens is 262 g/mol. The van der Waals surface area contributed by atoms with Gasteiger partial charge in [-0.1, -0.05) is 11.6 Å². The van der Waals surface area contributed by atoms with Crippen LogP contribution in [0, 0.1) is 6.92 Å². The molecule has 0 aromatic heterocycles. The molecule has 1 aromatic rings. The van der Waals surface area contributed by atoms with E-state index in [0.717, 1.165) is 6.07 Å². The van der Waals surface area contributed by atoms with Crippen LogP contribution in [0.2, 0.25) is 0 Å². The first-order valence-electron chi connectivity index (χ1n) is 6.07. The average Bonchev–Trinajstić information content (AvgIpc) is 2.33. The zero-order chi connectivity index (χ0) is 14.0. The van der Waals surface area contributed by atoms with Gasteiger partial charge in [-0.15, -0.1) is 0 Å². The lowest BCUT2D eigenvalue weighted by molar-refractivity contribution is -0.139. The van der Waals surface area contributed by atoms with Crippen molar-refractivity contribution in [3.05, 3.63) is 29.3 Å². The van der Waals surface area contributed by atoms with Gasteiger partial charge in [0.2, 0.25) is 0 Å². The lowest BCUT2D eigenvalue weighted by Gasteiger charge is -2.28. The number of hydrogen-bond acceptors (Lipinski definition) is 2. The van der Waals surface area contributed by atoms with E-state index >= 15 is 0 Å². The first-order chi connectivity index (χ1) is 8.88. The first kappa shape index (κ1) is 14.1. The minimum Gasteiger partial charge on any atom is -0.487 e. The van der Waals surface area contributed by atoms with Gasteiger partial charge in [-0.3, -0.25) is 0 Å². The van der Waals surface area contributed by atoms with E-state index in [1.807, 2.05) is 0 Å². The van der Waals surface area contributed by atoms with Crippen LogP contribution in [-0.2, 0) is 6.18 Å². The Morgan fingerprint density at radius 1 is 1.32 bits per heavy atom. The van der Waals surface area contributed by atoms with Gasteiger partial charge in [0, 0.05) is 6.54 Å². The molecule has 2 atom stereocenters. The fourth-order valence-corrected chi connectivity index (χ4v) is 2.06. The third kappa shape index (κ3) is 3.37. The monoisotopic (exact) mass is 277 g/mol. The highest BCUT2D eigenvalue weighted by Crippen LogP contribution is 2.37. The molecule has 19 heavy (non-hydrogen) atoms. The largest absolute Gasteiger partial charge is 0.487 e. The number of piperidine rings is 1. The summed E-state index contributed by atoms with van der Waals surface area (Å²) in [7, 11) is 0. The Labute approximate surface area is 108 Å². The second kappa shape index (κ2) is 5.36. The van der Waals surface area contributed by atoms with Crippen LogP contribution in [0.1, 0.15) is 17.5 Å². The molecular formula is C13H15F4NO. The van der Waals surface area contributed by atoms with Gasteiger partial charge in [-0.05, 0) is 32.0 Å². The Hall–Kier alpha value is -1.30. The van der Waals surface area contributed by atoms with Crippen molar-refractivity contribution >= 4 is 0 Å². The summed E-state index contributed by atoms with van der Waals surface area (Å²) < 4.78 is 57.5. The van der Waals surface area contributed by atoms with Crippen molar-refractivity contribution in [1.29, 1.82) is 0 Å². The van der Waals surface area contributed by atoms with E-state index < -0.39 is 24.0 Å². The molecule has 0 bridgehead atoms. The summed E-state index contributed by atoms with van der Waals surface area (Å²) in [4.78, 5) is 0. The summed E-state index contributed by atoms with van der Waals surface area (Å²) in [6.45, 7) is 2.22. The molecule has 2 rings (SSSR count). The van der Waals surface area contributed by atoms with Gasteiger partial charge < -0.3 is 10.1 Å². The highest BCUT2D eigenvalue weighted by atomic mass is 19.4. The van der Waals surface area contributed by atoms with Crippen LogP contribution in [0.5, 0.6) is 5.75 Å².